The maximum Gasteiger partial charge on any atom is 0.262 e. The molecule has 0 saturated heterocycles. The molecular formula is C17H19N3O2S. The van der Waals surface area contributed by atoms with Gasteiger partial charge in [0.25, 0.3) is 5.56 Å². The number of nitrogens with zero attached hydrogens (tertiary/aromatic N) is 2. The van der Waals surface area contributed by atoms with Gasteiger partial charge in [-0.2, -0.15) is 0 Å². The number of nitrogens with one attached hydrogen (secondary N) is 1. The SMILES string of the molecule is O=c1[nH]c(=S)n(CCC2=CCCCC2)c(O)c1C=C1C=CC=N1. The highest BCUT2D eigenvalue weighted by molar-refractivity contribution is 7.71. The molecule has 2 N–H and O–H groups in total. The van der Waals surface area contributed by atoms with E-state index in [1.54, 1.807) is 29.0 Å². The van der Waals surface area contributed by atoms with Crippen molar-refractivity contribution < 1.29 is 5.11 Å². The Morgan fingerprint density at radius 1 is 1.43 bits per heavy atom. The summed E-state index contributed by atoms with van der Waals surface area (Å²) in [5, 5.41) is 10.5. The highest BCUT2D eigenvalue weighted by Crippen LogP contribution is 2.23. The molecule has 6 heteroatoms. The van der Waals surface area contributed by atoms with Gasteiger partial charge in [-0.15, -0.1) is 0 Å². The van der Waals surface area contributed by atoms with Gasteiger partial charge in [0.05, 0.1) is 5.70 Å². The van der Waals surface area contributed by atoms with Crippen molar-refractivity contribution in [2.45, 2.75) is 38.6 Å². The summed E-state index contributed by atoms with van der Waals surface area (Å²) in [4.78, 5) is 18.8. The summed E-state index contributed by atoms with van der Waals surface area (Å²) >= 11 is 5.20. The maximum atomic E-state index is 12.1. The number of rotatable bonds is 4. The van der Waals surface area contributed by atoms with Crippen LogP contribution in [-0.4, -0.2) is 20.9 Å². The van der Waals surface area contributed by atoms with Crippen LogP contribution in [-0.2, 0) is 6.54 Å². The van der Waals surface area contributed by atoms with Crippen molar-refractivity contribution in [3.05, 3.63) is 50.2 Å². The molecule has 1 aromatic rings. The van der Waals surface area contributed by atoms with Crippen LogP contribution in [0.2, 0.25) is 0 Å². The smallest absolute Gasteiger partial charge is 0.262 e. The number of aromatic hydroxyl groups is 1. The van der Waals surface area contributed by atoms with E-state index in [4.69, 9.17) is 12.2 Å². The number of hydrogen-bond acceptors (Lipinski definition) is 4. The summed E-state index contributed by atoms with van der Waals surface area (Å²) < 4.78 is 1.83. The predicted molar refractivity (Wildman–Crippen MR) is 94.3 cm³/mol. The molecule has 23 heavy (non-hydrogen) atoms. The first-order valence-electron chi connectivity index (χ1n) is 7.81. The highest BCUT2D eigenvalue weighted by Gasteiger charge is 2.13. The van der Waals surface area contributed by atoms with Gasteiger partial charge in [-0.05, 0) is 62.6 Å². The molecule has 1 aliphatic heterocycles. The number of H-pyrrole nitrogens is 1. The van der Waals surface area contributed by atoms with E-state index in [-0.39, 0.29) is 16.2 Å². The standard InChI is InChI=1S/C17H19N3O2S/c21-15-14(11-13-7-4-9-18-13)16(22)20(17(23)19-15)10-8-12-5-2-1-3-6-12/h4-5,7,9,11,22H,1-3,6,8,10H2,(H,19,21,23). The molecule has 2 heterocycles. The second-order valence-corrected chi connectivity index (χ2v) is 6.10. The first-order chi connectivity index (χ1) is 11.1. The topological polar surface area (TPSA) is 70.4 Å². The molecule has 1 aliphatic carbocycles. The number of aromatic amines is 1. The molecule has 0 bridgehead atoms. The zero-order chi connectivity index (χ0) is 16.2. The molecule has 2 aliphatic rings. The largest absolute Gasteiger partial charge is 0.494 e. The number of aromatic nitrogens is 2. The molecule has 0 saturated carbocycles. The van der Waals surface area contributed by atoms with E-state index < -0.39 is 5.56 Å². The average Bonchev–Trinajstić information content (AvgIpc) is 3.05. The van der Waals surface area contributed by atoms with Gasteiger partial charge >= 0.3 is 0 Å². The van der Waals surface area contributed by atoms with E-state index >= 15 is 0 Å². The van der Waals surface area contributed by atoms with E-state index in [1.165, 1.54) is 18.4 Å². The normalized spacial score (nSPS) is 18.6. The minimum Gasteiger partial charge on any atom is -0.494 e. The van der Waals surface area contributed by atoms with Gasteiger partial charge < -0.3 is 5.11 Å². The summed E-state index contributed by atoms with van der Waals surface area (Å²) in [6.45, 7) is 0.558. The van der Waals surface area contributed by atoms with Gasteiger partial charge in [-0.1, -0.05) is 11.6 Å². The van der Waals surface area contributed by atoms with Crippen molar-refractivity contribution in [3.63, 3.8) is 0 Å². The minimum atomic E-state index is -0.399. The average molecular weight is 329 g/mol. The third kappa shape index (κ3) is 3.59. The lowest BCUT2D eigenvalue weighted by molar-refractivity contribution is 0.401. The first-order valence-corrected chi connectivity index (χ1v) is 8.22. The molecular weight excluding hydrogens is 310 g/mol. The van der Waals surface area contributed by atoms with Crippen molar-refractivity contribution >= 4 is 24.5 Å². The molecule has 5 nitrogen and oxygen atoms in total. The first kappa shape index (κ1) is 15.7. The molecule has 0 unspecified atom stereocenters. The van der Waals surface area contributed by atoms with E-state index in [0.29, 0.717) is 12.2 Å². The van der Waals surface area contributed by atoms with Crippen LogP contribution < -0.4 is 5.56 Å². The van der Waals surface area contributed by atoms with Gasteiger partial charge in [0.2, 0.25) is 5.88 Å². The van der Waals surface area contributed by atoms with E-state index in [0.717, 1.165) is 19.3 Å². The number of hydrogen-bond donors (Lipinski definition) is 2. The van der Waals surface area contributed by atoms with E-state index in [1.807, 2.05) is 0 Å². The van der Waals surface area contributed by atoms with Crippen molar-refractivity contribution in [1.29, 1.82) is 0 Å². The molecule has 0 fully saturated rings. The Labute approximate surface area is 139 Å². The third-order valence-corrected chi connectivity index (χ3v) is 4.44. The molecule has 3 rings (SSSR count). The monoisotopic (exact) mass is 329 g/mol. The summed E-state index contributed by atoms with van der Waals surface area (Å²) in [6, 6.07) is 0. The van der Waals surface area contributed by atoms with Gasteiger partial charge in [0, 0.05) is 12.8 Å². The van der Waals surface area contributed by atoms with Gasteiger partial charge in [0.1, 0.15) is 5.56 Å². The molecule has 0 amide bonds. The Balaban J connectivity index is 1.90. The van der Waals surface area contributed by atoms with Gasteiger partial charge in [0.15, 0.2) is 4.77 Å². The van der Waals surface area contributed by atoms with Crippen LogP contribution in [0.4, 0.5) is 0 Å². The Morgan fingerprint density at radius 2 is 2.30 bits per heavy atom. The Morgan fingerprint density at radius 3 is 3.00 bits per heavy atom. The van der Waals surface area contributed by atoms with E-state index in [9.17, 15) is 9.90 Å². The predicted octanol–water partition coefficient (Wildman–Crippen LogP) is 3.48. The Kier molecular flexibility index (Phi) is 4.71. The lowest BCUT2D eigenvalue weighted by atomic mass is 9.97. The number of aliphatic imine (C=N–C) groups is 1. The molecule has 0 aromatic carbocycles. The van der Waals surface area contributed by atoms with Crippen LogP contribution in [0.5, 0.6) is 5.88 Å². The van der Waals surface area contributed by atoms with Gasteiger partial charge in [-0.25, -0.2) is 0 Å². The van der Waals surface area contributed by atoms with Gasteiger partial charge in [-0.3, -0.25) is 19.3 Å². The van der Waals surface area contributed by atoms with Crippen LogP contribution in [0.25, 0.3) is 6.08 Å². The fraction of sp³-hybridized carbons (Fsp3) is 0.353. The van der Waals surface area contributed by atoms with E-state index in [2.05, 4.69) is 16.1 Å². The highest BCUT2D eigenvalue weighted by atomic mass is 32.1. The Hall–Kier alpha value is -2.21. The number of allylic oxidation sites excluding steroid dienone is 4. The molecule has 1 aromatic heterocycles. The Bertz CT molecular complexity index is 826. The molecule has 0 radical (unpaired) electrons. The zero-order valence-electron chi connectivity index (χ0n) is 12.8. The van der Waals surface area contributed by atoms with Crippen molar-refractivity contribution in [2.75, 3.05) is 0 Å². The summed E-state index contributed by atoms with van der Waals surface area (Å²) in [7, 11) is 0. The van der Waals surface area contributed by atoms with Crippen molar-refractivity contribution in [2.24, 2.45) is 4.99 Å². The van der Waals surface area contributed by atoms with Crippen LogP contribution in [0, 0.1) is 4.77 Å². The lowest BCUT2D eigenvalue weighted by Gasteiger charge is -2.15. The lowest BCUT2D eigenvalue weighted by Crippen LogP contribution is -2.17. The van der Waals surface area contributed by atoms with Crippen LogP contribution in [0.1, 0.15) is 37.7 Å². The van der Waals surface area contributed by atoms with Crippen LogP contribution in [0.3, 0.4) is 0 Å². The fourth-order valence-corrected chi connectivity index (χ4v) is 3.12. The third-order valence-electron chi connectivity index (χ3n) is 4.12. The van der Waals surface area contributed by atoms with Crippen LogP contribution in [0.15, 0.2) is 39.3 Å². The molecule has 0 atom stereocenters. The summed E-state index contributed by atoms with van der Waals surface area (Å²) in [5.41, 5.74) is 1.81. The second-order valence-electron chi connectivity index (χ2n) is 5.71. The quantitative estimate of drug-likeness (QED) is 0.656. The minimum absolute atomic E-state index is 0.0989. The second kappa shape index (κ2) is 6.91. The van der Waals surface area contributed by atoms with Crippen LogP contribution >= 0.6 is 12.2 Å². The van der Waals surface area contributed by atoms with Crippen molar-refractivity contribution in [3.8, 4) is 5.88 Å². The molecule has 120 valence electrons. The zero-order valence-corrected chi connectivity index (χ0v) is 13.6. The fourth-order valence-electron chi connectivity index (χ4n) is 2.85. The summed E-state index contributed by atoms with van der Waals surface area (Å²) in [6.07, 6.45) is 14.6. The maximum absolute atomic E-state index is 12.1. The van der Waals surface area contributed by atoms with Crippen molar-refractivity contribution in [1.82, 2.24) is 9.55 Å². The molecule has 0 spiro atoms. The summed E-state index contributed by atoms with van der Waals surface area (Å²) in [5.74, 6) is -0.0989.